The van der Waals surface area contributed by atoms with Crippen LogP contribution in [-0.4, -0.2) is 36.7 Å². The first-order valence-electron chi connectivity index (χ1n) is 7.17. The summed E-state index contributed by atoms with van der Waals surface area (Å²) in [6.07, 6.45) is 3.49. The molecule has 0 saturated carbocycles. The largest absolute Gasteiger partial charge is 0.497 e. The van der Waals surface area contributed by atoms with E-state index in [0.717, 1.165) is 12.2 Å². The minimum Gasteiger partial charge on any atom is -0.497 e. The van der Waals surface area contributed by atoms with Crippen LogP contribution in [0.2, 0.25) is 0 Å². The van der Waals surface area contributed by atoms with Crippen molar-refractivity contribution in [2.24, 2.45) is 5.73 Å². The summed E-state index contributed by atoms with van der Waals surface area (Å²) in [4.78, 5) is 2.53. The Bertz CT molecular complexity index is 411. The molecule has 0 amide bonds. The zero-order valence-electron chi connectivity index (χ0n) is 12.4. The molecular weight excluding hydrogens is 236 g/mol. The molecule has 0 bridgehead atoms. The third-order valence-corrected chi connectivity index (χ3v) is 4.42. The van der Waals surface area contributed by atoms with Gasteiger partial charge in [0.25, 0.3) is 0 Å². The van der Waals surface area contributed by atoms with Crippen LogP contribution in [0.5, 0.6) is 5.75 Å². The van der Waals surface area contributed by atoms with Crippen LogP contribution in [0.3, 0.4) is 0 Å². The highest BCUT2D eigenvalue weighted by molar-refractivity contribution is 5.29. The molecule has 1 saturated heterocycles. The lowest BCUT2D eigenvalue weighted by Crippen LogP contribution is -2.55. The summed E-state index contributed by atoms with van der Waals surface area (Å²) in [6, 6.07) is 8.35. The van der Waals surface area contributed by atoms with Gasteiger partial charge in [0.1, 0.15) is 5.75 Å². The van der Waals surface area contributed by atoms with Gasteiger partial charge in [-0.15, -0.1) is 0 Å². The van der Waals surface area contributed by atoms with Gasteiger partial charge in [-0.1, -0.05) is 12.1 Å². The fourth-order valence-corrected chi connectivity index (χ4v) is 2.83. The third kappa shape index (κ3) is 3.28. The number of likely N-dealkylation sites (tertiary alicyclic amines) is 1. The Kier molecular flexibility index (Phi) is 4.48. The van der Waals surface area contributed by atoms with Crippen molar-refractivity contribution in [1.82, 2.24) is 4.90 Å². The van der Waals surface area contributed by atoms with Gasteiger partial charge in [0.15, 0.2) is 0 Å². The summed E-state index contributed by atoms with van der Waals surface area (Å²) in [6.45, 7) is 6.89. The molecule has 0 aromatic heterocycles. The SMILES string of the molecule is COc1cccc(CC(N)C(C)(C)N2CCCC2)c1. The van der Waals surface area contributed by atoms with Crippen LogP contribution < -0.4 is 10.5 Å². The van der Waals surface area contributed by atoms with Gasteiger partial charge in [0.2, 0.25) is 0 Å². The molecule has 1 heterocycles. The van der Waals surface area contributed by atoms with Crippen LogP contribution in [0.25, 0.3) is 0 Å². The first-order valence-corrected chi connectivity index (χ1v) is 7.17. The van der Waals surface area contributed by atoms with E-state index >= 15 is 0 Å². The lowest BCUT2D eigenvalue weighted by molar-refractivity contribution is 0.123. The Morgan fingerprint density at radius 2 is 2.00 bits per heavy atom. The lowest BCUT2D eigenvalue weighted by atomic mass is 9.88. The number of benzene rings is 1. The summed E-state index contributed by atoms with van der Waals surface area (Å²) in [5.41, 5.74) is 7.78. The molecule has 1 aromatic carbocycles. The van der Waals surface area contributed by atoms with Gasteiger partial charge in [-0.3, -0.25) is 4.90 Å². The molecule has 1 unspecified atom stereocenters. The van der Waals surface area contributed by atoms with Crippen molar-refractivity contribution in [2.45, 2.75) is 44.7 Å². The fraction of sp³-hybridized carbons (Fsp3) is 0.625. The Morgan fingerprint density at radius 3 is 2.63 bits per heavy atom. The number of nitrogens with zero attached hydrogens (tertiary/aromatic N) is 1. The van der Waals surface area contributed by atoms with E-state index in [1.807, 2.05) is 12.1 Å². The summed E-state index contributed by atoms with van der Waals surface area (Å²) in [5, 5.41) is 0. The Morgan fingerprint density at radius 1 is 1.32 bits per heavy atom. The zero-order valence-corrected chi connectivity index (χ0v) is 12.4. The molecule has 1 aromatic rings. The fourth-order valence-electron chi connectivity index (χ4n) is 2.83. The van der Waals surface area contributed by atoms with Gasteiger partial charge < -0.3 is 10.5 Å². The Hall–Kier alpha value is -1.06. The van der Waals surface area contributed by atoms with Crippen LogP contribution in [0.1, 0.15) is 32.3 Å². The highest BCUT2D eigenvalue weighted by Gasteiger charge is 2.34. The van der Waals surface area contributed by atoms with Crippen LogP contribution in [0.4, 0.5) is 0 Å². The van der Waals surface area contributed by atoms with Crippen molar-refractivity contribution >= 4 is 0 Å². The molecule has 0 spiro atoms. The number of nitrogens with two attached hydrogens (primary N) is 1. The van der Waals surface area contributed by atoms with Gasteiger partial charge in [0, 0.05) is 11.6 Å². The summed E-state index contributed by atoms with van der Waals surface area (Å²) in [7, 11) is 1.70. The highest BCUT2D eigenvalue weighted by atomic mass is 16.5. The maximum Gasteiger partial charge on any atom is 0.119 e. The van der Waals surface area contributed by atoms with Crippen molar-refractivity contribution < 1.29 is 4.74 Å². The van der Waals surface area contributed by atoms with Crippen molar-refractivity contribution in [1.29, 1.82) is 0 Å². The minimum absolute atomic E-state index is 0.0551. The molecular formula is C16H26N2O. The molecule has 3 nitrogen and oxygen atoms in total. The van der Waals surface area contributed by atoms with Crippen molar-refractivity contribution in [3.8, 4) is 5.75 Å². The van der Waals surface area contributed by atoms with Gasteiger partial charge >= 0.3 is 0 Å². The lowest BCUT2D eigenvalue weighted by Gasteiger charge is -2.40. The molecule has 2 rings (SSSR count). The molecule has 0 aliphatic carbocycles. The molecule has 3 heteroatoms. The van der Waals surface area contributed by atoms with Crippen LogP contribution in [0, 0.1) is 0 Å². The first kappa shape index (κ1) is 14.4. The second-order valence-corrected chi connectivity index (χ2v) is 6.01. The van der Waals surface area contributed by atoms with E-state index in [1.165, 1.54) is 31.5 Å². The molecule has 1 fully saturated rings. The van der Waals surface area contributed by atoms with Gasteiger partial charge in [-0.25, -0.2) is 0 Å². The molecule has 0 radical (unpaired) electrons. The van der Waals surface area contributed by atoms with Crippen molar-refractivity contribution in [3.05, 3.63) is 29.8 Å². The first-order chi connectivity index (χ1) is 9.04. The molecule has 2 N–H and O–H groups in total. The van der Waals surface area contributed by atoms with Gasteiger partial charge in [-0.05, 0) is 63.9 Å². The maximum atomic E-state index is 6.47. The van der Waals surface area contributed by atoms with Crippen LogP contribution >= 0.6 is 0 Å². The molecule has 1 atom stereocenters. The van der Waals surface area contributed by atoms with Gasteiger partial charge in [0.05, 0.1) is 7.11 Å². The molecule has 1 aliphatic rings. The monoisotopic (exact) mass is 262 g/mol. The predicted molar refractivity (Wildman–Crippen MR) is 79.6 cm³/mol. The van der Waals surface area contributed by atoms with E-state index in [0.29, 0.717) is 0 Å². The number of ether oxygens (including phenoxy) is 1. The Labute approximate surface area is 116 Å². The number of rotatable bonds is 5. The van der Waals surface area contributed by atoms with Crippen molar-refractivity contribution in [3.63, 3.8) is 0 Å². The zero-order chi connectivity index (χ0) is 13.9. The van der Waals surface area contributed by atoms with E-state index < -0.39 is 0 Å². The minimum atomic E-state index is 0.0551. The summed E-state index contributed by atoms with van der Waals surface area (Å²) < 4.78 is 5.27. The van der Waals surface area contributed by atoms with Crippen LogP contribution in [-0.2, 0) is 6.42 Å². The van der Waals surface area contributed by atoms with Crippen LogP contribution in [0.15, 0.2) is 24.3 Å². The topological polar surface area (TPSA) is 38.5 Å². The summed E-state index contributed by atoms with van der Waals surface area (Å²) in [5.74, 6) is 0.906. The quantitative estimate of drug-likeness (QED) is 0.886. The predicted octanol–water partition coefficient (Wildman–Crippen LogP) is 2.44. The van der Waals surface area contributed by atoms with E-state index in [4.69, 9.17) is 10.5 Å². The number of methoxy groups -OCH3 is 1. The maximum absolute atomic E-state index is 6.47. The van der Waals surface area contributed by atoms with E-state index in [1.54, 1.807) is 7.11 Å². The second kappa shape index (κ2) is 5.93. The van der Waals surface area contributed by atoms with E-state index in [-0.39, 0.29) is 11.6 Å². The smallest absolute Gasteiger partial charge is 0.119 e. The average molecular weight is 262 g/mol. The van der Waals surface area contributed by atoms with Gasteiger partial charge in [-0.2, -0.15) is 0 Å². The highest BCUT2D eigenvalue weighted by Crippen LogP contribution is 2.25. The molecule has 19 heavy (non-hydrogen) atoms. The Balaban J connectivity index is 2.04. The van der Waals surface area contributed by atoms with E-state index in [9.17, 15) is 0 Å². The normalized spacial score (nSPS) is 18.5. The van der Waals surface area contributed by atoms with Crippen molar-refractivity contribution in [2.75, 3.05) is 20.2 Å². The molecule has 1 aliphatic heterocycles. The average Bonchev–Trinajstić information content (AvgIpc) is 2.93. The number of hydrogen-bond donors (Lipinski definition) is 1. The van der Waals surface area contributed by atoms with E-state index in [2.05, 4.69) is 30.9 Å². The summed E-state index contributed by atoms with van der Waals surface area (Å²) >= 11 is 0. The number of hydrogen-bond acceptors (Lipinski definition) is 3. The second-order valence-electron chi connectivity index (χ2n) is 6.01. The third-order valence-electron chi connectivity index (χ3n) is 4.42. The standard InChI is InChI=1S/C16H26N2O/c1-16(2,18-9-4-5-10-18)15(17)12-13-7-6-8-14(11-13)19-3/h6-8,11,15H,4-5,9-10,12,17H2,1-3H3. The molecule has 106 valence electrons.